The zero-order valence-electron chi connectivity index (χ0n) is 11.4. The molecule has 2 N–H and O–H groups in total. The summed E-state index contributed by atoms with van der Waals surface area (Å²) in [5.74, 6) is 0.540. The van der Waals surface area contributed by atoms with E-state index in [1.165, 1.54) is 0 Å². The first-order valence-electron chi connectivity index (χ1n) is 6.24. The standard InChI is InChI=1S/C13H17BrN4O2/c1-9-7-10(14)3-4-11(9)16-13-18-17-12(20-13)8-15-5-6-19-2/h3-4,7,15H,5-6,8H2,1-2H3,(H,16,18). The Morgan fingerprint density at radius 3 is 2.95 bits per heavy atom. The molecule has 1 aromatic carbocycles. The van der Waals surface area contributed by atoms with E-state index in [-0.39, 0.29) is 0 Å². The first kappa shape index (κ1) is 15.0. The molecule has 6 nitrogen and oxygen atoms in total. The third-order valence-corrected chi connectivity index (χ3v) is 3.15. The van der Waals surface area contributed by atoms with Gasteiger partial charge in [0.2, 0.25) is 5.89 Å². The number of anilines is 2. The van der Waals surface area contributed by atoms with Crippen molar-refractivity contribution in [2.75, 3.05) is 25.6 Å². The molecule has 0 spiro atoms. The molecule has 0 aliphatic carbocycles. The Hall–Kier alpha value is -1.44. The van der Waals surface area contributed by atoms with Crippen LogP contribution in [0.4, 0.5) is 11.7 Å². The van der Waals surface area contributed by atoms with Crippen LogP contribution in [0.15, 0.2) is 27.1 Å². The average Bonchev–Trinajstić information content (AvgIpc) is 2.86. The zero-order chi connectivity index (χ0) is 14.4. The van der Waals surface area contributed by atoms with Gasteiger partial charge in [-0.15, -0.1) is 5.10 Å². The third-order valence-electron chi connectivity index (χ3n) is 2.66. The average molecular weight is 341 g/mol. The molecule has 0 saturated heterocycles. The quantitative estimate of drug-likeness (QED) is 0.755. The lowest BCUT2D eigenvalue weighted by molar-refractivity contribution is 0.198. The number of hydrogen-bond acceptors (Lipinski definition) is 6. The van der Waals surface area contributed by atoms with Gasteiger partial charge >= 0.3 is 6.01 Å². The van der Waals surface area contributed by atoms with E-state index in [4.69, 9.17) is 9.15 Å². The summed E-state index contributed by atoms with van der Waals surface area (Å²) in [6.45, 7) is 3.93. The SMILES string of the molecule is COCCNCc1nnc(Nc2ccc(Br)cc2C)o1. The number of ether oxygens (including phenoxy) is 1. The van der Waals surface area contributed by atoms with Crippen LogP contribution in [0.3, 0.4) is 0 Å². The van der Waals surface area contributed by atoms with Crippen LogP contribution < -0.4 is 10.6 Å². The molecule has 2 aromatic rings. The Labute approximate surface area is 126 Å². The molecule has 2 rings (SSSR count). The maximum atomic E-state index is 5.50. The van der Waals surface area contributed by atoms with E-state index >= 15 is 0 Å². The molecule has 1 aromatic heterocycles. The van der Waals surface area contributed by atoms with Crippen molar-refractivity contribution in [3.63, 3.8) is 0 Å². The van der Waals surface area contributed by atoms with Crippen LogP contribution in [0.2, 0.25) is 0 Å². The van der Waals surface area contributed by atoms with Crippen LogP contribution in [0.1, 0.15) is 11.5 Å². The number of hydrogen-bond donors (Lipinski definition) is 2. The highest BCUT2D eigenvalue weighted by Crippen LogP contribution is 2.23. The summed E-state index contributed by atoms with van der Waals surface area (Å²) in [6, 6.07) is 6.32. The van der Waals surface area contributed by atoms with Gasteiger partial charge < -0.3 is 19.8 Å². The van der Waals surface area contributed by atoms with E-state index in [2.05, 4.69) is 36.8 Å². The van der Waals surface area contributed by atoms with E-state index in [0.717, 1.165) is 22.3 Å². The summed E-state index contributed by atoms with van der Waals surface area (Å²) >= 11 is 3.43. The Morgan fingerprint density at radius 2 is 2.20 bits per heavy atom. The van der Waals surface area contributed by atoms with Gasteiger partial charge in [0, 0.05) is 23.8 Å². The van der Waals surface area contributed by atoms with Crippen LogP contribution in [0, 0.1) is 6.92 Å². The minimum Gasteiger partial charge on any atom is -0.406 e. The van der Waals surface area contributed by atoms with Gasteiger partial charge in [-0.1, -0.05) is 21.0 Å². The summed E-state index contributed by atoms with van der Waals surface area (Å²) < 4.78 is 11.5. The summed E-state index contributed by atoms with van der Waals surface area (Å²) in [5.41, 5.74) is 2.04. The lowest BCUT2D eigenvalue weighted by Gasteiger charge is -2.05. The summed E-state index contributed by atoms with van der Waals surface area (Å²) in [6.07, 6.45) is 0. The molecule has 0 amide bonds. The highest BCUT2D eigenvalue weighted by atomic mass is 79.9. The normalized spacial score (nSPS) is 10.8. The largest absolute Gasteiger partial charge is 0.406 e. The van der Waals surface area contributed by atoms with Crippen molar-refractivity contribution in [2.45, 2.75) is 13.5 Å². The highest BCUT2D eigenvalue weighted by molar-refractivity contribution is 9.10. The van der Waals surface area contributed by atoms with Crippen molar-refractivity contribution in [3.8, 4) is 0 Å². The molecule has 0 radical (unpaired) electrons. The van der Waals surface area contributed by atoms with Gasteiger partial charge in [-0.25, -0.2) is 0 Å². The number of nitrogens with zero attached hydrogens (tertiary/aromatic N) is 2. The topological polar surface area (TPSA) is 72.2 Å². The fraction of sp³-hybridized carbons (Fsp3) is 0.385. The Balaban J connectivity index is 1.92. The van der Waals surface area contributed by atoms with E-state index < -0.39 is 0 Å². The lowest BCUT2D eigenvalue weighted by atomic mass is 10.2. The van der Waals surface area contributed by atoms with Crippen molar-refractivity contribution < 1.29 is 9.15 Å². The fourth-order valence-electron chi connectivity index (χ4n) is 1.63. The molecule has 108 valence electrons. The molecule has 0 fully saturated rings. The first-order valence-corrected chi connectivity index (χ1v) is 7.03. The number of benzene rings is 1. The minimum absolute atomic E-state index is 0.388. The van der Waals surface area contributed by atoms with E-state index in [0.29, 0.717) is 25.1 Å². The Kier molecular flexibility index (Phi) is 5.51. The molecule has 0 aliphatic heterocycles. The number of aromatic nitrogens is 2. The Bertz CT molecular complexity index is 559. The van der Waals surface area contributed by atoms with Gasteiger partial charge in [-0.3, -0.25) is 0 Å². The maximum Gasteiger partial charge on any atom is 0.320 e. The fourth-order valence-corrected chi connectivity index (χ4v) is 2.10. The molecular formula is C13H17BrN4O2. The first-order chi connectivity index (χ1) is 9.69. The van der Waals surface area contributed by atoms with Gasteiger partial charge in [0.1, 0.15) is 0 Å². The summed E-state index contributed by atoms with van der Waals surface area (Å²) in [5, 5.41) is 14.2. The van der Waals surface area contributed by atoms with Crippen LogP contribution in [0.25, 0.3) is 0 Å². The molecule has 20 heavy (non-hydrogen) atoms. The van der Waals surface area contributed by atoms with Crippen LogP contribution in [-0.4, -0.2) is 30.5 Å². The van der Waals surface area contributed by atoms with Crippen LogP contribution in [0.5, 0.6) is 0 Å². The van der Waals surface area contributed by atoms with Gasteiger partial charge in [0.15, 0.2) is 0 Å². The second-order valence-electron chi connectivity index (χ2n) is 4.25. The van der Waals surface area contributed by atoms with Crippen molar-refractivity contribution >= 4 is 27.6 Å². The van der Waals surface area contributed by atoms with E-state index in [9.17, 15) is 0 Å². The molecule has 1 heterocycles. The van der Waals surface area contributed by atoms with Crippen LogP contribution in [-0.2, 0) is 11.3 Å². The zero-order valence-corrected chi connectivity index (χ0v) is 13.0. The number of halogens is 1. The number of aryl methyl sites for hydroxylation is 1. The maximum absolute atomic E-state index is 5.50. The van der Waals surface area contributed by atoms with Crippen LogP contribution >= 0.6 is 15.9 Å². The van der Waals surface area contributed by atoms with Gasteiger partial charge in [0.05, 0.1) is 13.2 Å². The third kappa shape index (κ3) is 4.29. The molecule has 0 atom stereocenters. The van der Waals surface area contributed by atoms with Crippen molar-refractivity contribution in [1.29, 1.82) is 0 Å². The van der Waals surface area contributed by atoms with E-state index in [1.54, 1.807) is 7.11 Å². The lowest BCUT2D eigenvalue weighted by Crippen LogP contribution is -2.18. The predicted octanol–water partition coefficient (Wildman–Crippen LogP) is 2.62. The molecular weight excluding hydrogens is 324 g/mol. The van der Waals surface area contributed by atoms with Crippen molar-refractivity contribution in [1.82, 2.24) is 15.5 Å². The molecule has 7 heteroatoms. The molecule has 0 bridgehead atoms. The van der Waals surface area contributed by atoms with Gasteiger partial charge in [-0.2, -0.15) is 0 Å². The second-order valence-corrected chi connectivity index (χ2v) is 5.17. The number of nitrogens with one attached hydrogen (secondary N) is 2. The smallest absolute Gasteiger partial charge is 0.320 e. The molecule has 0 saturated carbocycles. The predicted molar refractivity (Wildman–Crippen MR) is 80.0 cm³/mol. The number of rotatable bonds is 7. The highest BCUT2D eigenvalue weighted by Gasteiger charge is 2.07. The summed E-state index contributed by atoms with van der Waals surface area (Å²) in [7, 11) is 1.66. The summed E-state index contributed by atoms with van der Waals surface area (Å²) in [4.78, 5) is 0. The molecule has 0 aliphatic rings. The monoisotopic (exact) mass is 340 g/mol. The van der Waals surface area contributed by atoms with Crippen molar-refractivity contribution in [2.24, 2.45) is 0 Å². The second kappa shape index (κ2) is 7.37. The number of methoxy groups -OCH3 is 1. The minimum atomic E-state index is 0.388. The van der Waals surface area contributed by atoms with Gasteiger partial charge in [-0.05, 0) is 30.7 Å². The molecule has 0 unspecified atom stereocenters. The Morgan fingerprint density at radius 1 is 1.35 bits per heavy atom. The van der Waals surface area contributed by atoms with E-state index in [1.807, 2.05) is 25.1 Å². The van der Waals surface area contributed by atoms with Crippen molar-refractivity contribution in [3.05, 3.63) is 34.1 Å². The van der Waals surface area contributed by atoms with Gasteiger partial charge in [0.25, 0.3) is 0 Å².